The quantitative estimate of drug-likeness (QED) is 0.706. The van der Waals surface area contributed by atoms with E-state index in [1.807, 2.05) is 18.2 Å². The molecule has 1 N–H and O–H groups in total. The molecule has 1 aliphatic heterocycles. The number of benzene rings is 1. The summed E-state index contributed by atoms with van der Waals surface area (Å²) >= 11 is 6.43. The van der Waals surface area contributed by atoms with Crippen LogP contribution in [-0.4, -0.2) is 44.9 Å². The third-order valence-corrected chi connectivity index (χ3v) is 5.05. The molecule has 0 amide bonds. The van der Waals surface area contributed by atoms with Crippen LogP contribution in [0.5, 0.6) is 0 Å². The minimum Gasteiger partial charge on any atom is -0.339 e. The highest BCUT2D eigenvalue weighted by atomic mass is 35.5. The van der Waals surface area contributed by atoms with E-state index in [4.69, 9.17) is 11.6 Å². The number of nitrogens with one attached hydrogen (secondary N) is 1. The molecular weight excluding hydrogens is 356 g/mol. The van der Waals surface area contributed by atoms with Gasteiger partial charge in [0.2, 0.25) is 5.95 Å². The van der Waals surface area contributed by atoms with Crippen molar-refractivity contribution in [2.75, 3.05) is 31.1 Å². The number of hydrogen-bond donors (Lipinski definition) is 1. The summed E-state index contributed by atoms with van der Waals surface area (Å²) in [7, 11) is 3.09. The zero-order chi connectivity index (χ0) is 18.4. The van der Waals surface area contributed by atoms with Crippen LogP contribution in [0.25, 0.3) is 16.9 Å². The smallest absolute Gasteiger partial charge is 0.332 e. The van der Waals surface area contributed by atoms with Crippen molar-refractivity contribution in [3.63, 3.8) is 0 Å². The number of piperazine rings is 1. The Morgan fingerprint density at radius 3 is 2.46 bits per heavy atom. The lowest BCUT2D eigenvalue weighted by atomic mass is 10.3. The van der Waals surface area contributed by atoms with Gasteiger partial charge in [-0.25, -0.2) is 4.79 Å². The second kappa shape index (κ2) is 6.30. The van der Waals surface area contributed by atoms with Crippen LogP contribution in [0.3, 0.4) is 0 Å². The number of halogens is 1. The lowest BCUT2D eigenvalue weighted by molar-refractivity contribution is 0.578. The Labute approximate surface area is 154 Å². The van der Waals surface area contributed by atoms with Gasteiger partial charge in [0.1, 0.15) is 0 Å². The summed E-state index contributed by atoms with van der Waals surface area (Å²) in [5.41, 5.74) is 0.568. The summed E-state index contributed by atoms with van der Waals surface area (Å²) in [5.74, 6) is 0.618. The van der Waals surface area contributed by atoms with E-state index >= 15 is 0 Å². The zero-order valence-corrected chi connectivity index (χ0v) is 15.3. The standard InChI is InChI=1S/C17H19ClN6O2/c1-21-14-13(15(25)22(2)17(21)26)24(12-6-4-3-5-11(12)18)16(20-14)23-9-7-19-8-10-23/h3-6,19H,7-10H2,1-2H3. The Bertz CT molecular complexity index is 1110. The molecule has 1 saturated heterocycles. The van der Waals surface area contributed by atoms with Crippen LogP contribution in [0.4, 0.5) is 5.95 Å². The van der Waals surface area contributed by atoms with Crippen molar-refractivity contribution in [3.05, 3.63) is 50.1 Å². The molecule has 4 rings (SSSR count). The first-order chi connectivity index (χ1) is 12.5. The number of rotatable bonds is 2. The van der Waals surface area contributed by atoms with Crippen molar-refractivity contribution < 1.29 is 0 Å². The summed E-state index contributed by atoms with van der Waals surface area (Å²) in [4.78, 5) is 32.0. The Kier molecular flexibility index (Phi) is 4.08. The first kappa shape index (κ1) is 16.9. The maximum absolute atomic E-state index is 12.9. The zero-order valence-electron chi connectivity index (χ0n) is 14.6. The van der Waals surface area contributed by atoms with Crippen LogP contribution >= 0.6 is 11.6 Å². The molecule has 0 unspecified atom stereocenters. The average molecular weight is 375 g/mol. The van der Waals surface area contributed by atoms with E-state index in [0.29, 0.717) is 27.8 Å². The normalized spacial score (nSPS) is 15.0. The van der Waals surface area contributed by atoms with Gasteiger partial charge in [0.05, 0.1) is 10.7 Å². The molecule has 1 fully saturated rings. The lowest BCUT2D eigenvalue weighted by Crippen LogP contribution is -2.44. The van der Waals surface area contributed by atoms with Crippen molar-refractivity contribution >= 4 is 28.7 Å². The number of para-hydroxylation sites is 1. The number of imidazole rings is 1. The highest BCUT2D eigenvalue weighted by Crippen LogP contribution is 2.29. The van der Waals surface area contributed by atoms with Gasteiger partial charge in [-0.1, -0.05) is 23.7 Å². The average Bonchev–Trinajstić information content (AvgIpc) is 3.06. The predicted octanol–water partition coefficient (Wildman–Crippen LogP) is 0.486. The Hall–Kier alpha value is -2.58. The monoisotopic (exact) mass is 374 g/mol. The fraction of sp³-hybridized carbons (Fsp3) is 0.353. The molecule has 9 heteroatoms. The van der Waals surface area contributed by atoms with Gasteiger partial charge in [0, 0.05) is 40.3 Å². The number of nitrogens with zero attached hydrogens (tertiary/aromatic N) is 5. The van der Waals surface area contributed by atoms with Crippen molar-refractivity contribution in [1.82, 2.24) is 24.0 Å². The van der Waals surface area contributed by atoms with E-state index in [2.05, 4.69) is 15.2 Å². The first-order valence-electron chi connectivity index (χ1n) is 8.39. The van der Waals surface area contributed by atoms with Crippen molar-refractivity contribution in [3.8, 4) is 5.69 Å². The van der Waals surface area contributed by atoms with Crippen molar-refractivity contribution in [2.24, 2.45) is 14.1 Å². The fourth-order valence-corrected chi connectivity index (χ4v) is 3.54. The van der Waals surface area contributed by atoms with Gasteiger partial charge >= 0.3 is 5.69 Å². The van der Waals surface area contributed by atoms with Gasteiger partial charge in [0.15, 0.2) is 11.2 Å². The molecule has 26 heavy (non-hydrogen) atoms. The third-order valence-electron chi connectivity index (χ3n) is 4.73. The molecule has 0 aliphatic carbocycles. The van der Waals surface area contributed by atoms with Gasteiger partial charge in [-0.3, -0.25) is 18.5 Å². The minimum atomic E-state index is -0.404. The second-order valence-electron chi connectivity index (χ2n) is 6.31. The minimum absolute atomic E-state index is 0.344. The van der Waals surface area contributed by atoms with E-state index in [0.717, 1.165) is 30.7 Å². The predicted molar refractivity (Wildman–Crippen MR) is 102 cm³/mol. The van der Waals surface area contributed by atoms with Crippen LogP contribution in [0.1, 0.15) is 0 Å². The highest BCUT2D eigenvalue weighted by molar-refractivity contribution is 6.32. The number of fused-ring (bicyclic) bond motifs is 1. The van der Waals surface area contributed by atoms with Gasteiger partial charge in [-0.15, -0.1) is 0 Å². The van der Waals surface area contributed by atoms with Gasteiger partial charge in [0.25, 0.3) is 5.56 Å². The van der Waals surface area contributed by atoms with Crippen LogP contribution in [0.2, 0.25) is 5.02 Å². The summed E-state index contributed by atoms with van der Waals surface area (Å²) in [6.07, 6.45) is 0. The molecule has 0 radical (unpaired) electrons. The molecule has 1 aromatic carbocycles. The molecule has 3 aromatic rings. The number of aryl methyl sites for hydroxylation is 1. The van der Waals surface area contributed by atoms with Gasteiger partial charge < -0.3 is 10.2 Å². The van der Waals surface area contributed by atoms with E-state index in [1.54, 1.807) is 17.7 Å². The summed E-state index contributed by atoms with van der Waals surface area (Å²) < 4.78 is 4.26. The molecule has 0 bridgehead atoms. The number of hydrogen-bond acceptors (Lipinski definition) is 5. The number of aromatic nitrogens is 4. The summed E-state index contributed by atoms with van der Waals surface area (Å²) in [5, 5.41) is 3.82. The molecule has 8 nitrogen and oxygen atoms in total. The van der Waals surface area contributed by atoms with E-state index < -0.39 is 11.2 Å². The SMILES string of the molecule is Cn1c(=O)c2c(nc(N3CCNCC3)n2-c2ccccc2Cl)n(C)c1=O. The molecule has 0 spiro atoms. The van der Waals surface area contributed by atoms with Crippen LogP contribution in [-0.2, 0) is 14.1 Å². The molecule has 2 aromatic heterocycles. The molecular formula is C17H19ClN6O2. The largest absolute Gasteiger partial charge is 0.339 e. The van der Waals surface area contributed by atoms with Crippen LogP contribution in [0.15, 0.2) is 33.9 Å². The fourth-order valence-electron chi connectivity index (χ4n) is 3.32. The van der Waals surface area contributed by atoms with Crippen LogP contribution < -0.4 is 21.5 Å². The topological polar surface area (TPSA) is 77.1 Å². The van der Waals surface area contributed by atoms with Gasteiger partial charge in [-0.05, 0) is 12.1 Å². The Morgan fingerprint density at radius 1 is 1.08 bits per heavy atom. The van der Waals surface area contributed by atoms with E-state index in [1.165, 1.54) is 11.6 Å². The van der Waals surface area contributed by atoms with Gasteiger partial charge in [-0.2, -0.15) is 4.98 Å². The maximum atomic E-state index is 12.9. The maximum Gasteiger partial charge on any atom is 0.332 e. The molecule has 0 atom stereocenters. The third kappa shape index (κ3) is 2.45. The lowest BCUT2D eigenvalue weighted by Gasteiger charge is -2.28. The first-order valence-corrected chi connectivity index (χ1v) is 8.77. The van der Waals surface area contributed by atoms with E-state index in [9.17, 15) is 9.59 Å². The molecule has 1 aliphatic rings. The Morgan fingerprint density at radius 2 is 1.77 bits per heavy atom. The van der Waals surface area contributed by atoms with E-state index in [-0.39, 0.29) is 0 Å². The second-order valence-corrected chi connectivity index (χ2v) is 6.72. The molecule has 0 saturated carbocycles. The highest BCUT2D eigenvalue weighted by Gasteiger charge is 2.25. The van der Waals surface area contributed by atoms with Crippen molar-refractivity contribution in [1.29, 1.82) is 0 Å². The van der Waals surface area contributed by atoms with Crippen molar-refractivity contribution in [2.45, 2.75) is 0 Å². The van der Waals surface area contributed by atoms with Crippen LogP contribution in [0, 0.1) is 0 Å². The molecule has 3 heterocycles. The number of anilines is 1. The summed E-state index contributed by atoms with van der Waals surface area (Å²) in [6, 6.07) is 7.32. The Balaban J connectivity index is 2.14. The molecule has 136 valence electrons. The summed E-state index contributed by atoms with van der Waals surface area (Å²) in [6.45, 7) is 3.15.